The number of nitrogens with one attached hydrogen (secondary N) is 1. The number of hydrogen-bond acceptors (Lipinski definition) is 4. The van der Waals surface area contributed by atoms with Crippen molar-refractivity contribution < 1.29 is 9.47 Å². The summed E-state index contributed by atoms with van der Waals surface area (Å²) in [4.78, 5) is 2.27. The molecule has 1 aliphatic heterocycles. The SMILES string of the molecule is c1ccc(N(c2ccccc2)c2ccc(Nc3ccc4c(c3)c3ccccc3n4-c3ccc(C4OCCO4)cc3)cc2)cc1. The summed E-state index contributed by atoms with van der Waals surface area (Å²) in [5.74, 6) is 0. The fraction of sp³-hybridized carbons (Fsp3) is 0.0769. The second-order valence-electron chi connectivity index (χ2n) is 10.9. The molecule has 0 amide bonds. The third kappa shape index (κ3) is 4.88. The summed E-state index contributed by atoms with van der Waals surface area (Å²) in [5.41, 5.74) is 9.90. The van der Waals surface area contributed by atoms with E-state index >= 15 is 0 Å². The van der Waals surface area contributed by atoms with Crippen LogP contribution in [0.3, 0.4) is 0 Å². The maximum atomic E-state index is 5.69. The summed E-state index contributed by atoms with van der Waals surface area (Å²) in [6, 6.07) is 53.2. The predicted molar refractivity (Wildman–Crippen MR) is 180 cm³/mol. The number of ether oxygens (including phenoxy) is 2. The van der Waals surface area contributed by atoms with Gasteiger partial charge in [-0.1, -0.05) is 66.7 Å². The minimum absolute atomic E-state index is 0.273. The van der Waals surface area contributed by atoms with Gasteiger partial charge in [-0.05, 0) is 84.9 Å². The summed E-state index contributed by atoms with van der Waals surface area (Å²) in [6.45, 7) is 1.28. The molecule has 0 bridgehead atoms. The van der Waals surface area contributed by atoms with Crippen molar-refractivity contribution in [3.63, 3.8) is 0 Å². The summed E-state index contributed by atoms with van der Waals surface area (Å²) in [6.07, 6.45) is -0.273. The number of fused-ring (bicyclic) bond motifs is 3. The Hall–Kier alpha value is -5.36. The monoisotopic (exact) mass is 573 g/mol. The number of para-hydroxylation sites is 3. The van der Waals surface area contributed by atoms with Gasteiger partial charge in [0.2, 0.25) is 0 Å². The fourth-order valence-electron chi connectivity index (χ4n) is 6.12. The van der Waals surface area contributed by atoms with Crippen LogP contribution >= 0.6 is 0 Å². The van der Waals surface area contributed by atoms with Gasteiger partial charge in [0.05, 0.1) is 24.2 Å². The number of rotatable bonds is 7. The van der Waals surface area contributed by atoms with Crippen LogP contribution in [0, 0.1) is 0 Å². The Morgan fingerprint density at radius 3 is 1.77 bits per heavy atom. The first-order chi connectivity index (χ1) is 21.8. The highest BCUT2D eigenvalue weighted by Gasteiger charge is 2.19. The minimum atomic E-state index is -0.273. The van der Waals surface area contributed by atoms with Gasteiger partial charge in [0.1, 0.15) is 0 Å². The average Bonchev–Trinajstić information content (AvgIpc) is 3.74. The molecular weight excluding hydrogens is 542 g/mol. The molecule has 5 heteroatoms. The zero-order valence-corrected chi connectivity index (χ0v) is 24.1. The van der Waals surface area contributed by atoms with Crippen molar-refractivity contribution in [1.29, 1.82) is 0 Å². The topological polar surface area (TPSA) is 38.7 Å². The van der Waals surface area contributed by atoms with Crippen LogP contribution in [0.15, 0.2) is 152 Å². The first-order valence-electron chi connectivity index (χ1n) is 15.0. The summed E-state index contributed by atoms with van der Waals surface area (Å²) in [5, 5.41) is 6.06. The van der Waals surface area contributed by atoms with Crippen molar-refractivity contribution >= 4 is 50.2 Å². The van der Waals surface area contributed by atoms with Crippen LogP contribution in [0.2, 0.25) is 0 Å². The Morgan fingerprint density at radius 1 is 0.523 bits per heavy atom. The van der Waals surface area contributed by atoms with Gasteiger partial charge in [0.15, 0.2) is 6.29 Å². The zero-order chi connectivity index (χ0) is 29.3. The molecule has 1 aromatic heterocycles. The highest BCUT2D eigenvalue weighted by atomic mass is 16.7. The molecule has 8 rings (SSSR count). The van der Waals surface area contributed by atoms with E-state index < -0.39 is 0 Å². The van der Waals surface area contributed by atoms with Gasteiger partial charge in [-0.3, -0.25) is 0 Å². The van der Waals surface area contributed by atoms with Gasteiger partial charge in [0, 0.05) is 50.5 Å². The maximum Gasteiger partial charge on any atom is 0.184 e. The van der Waals surface area contributed by atoms with Gasteiger partial charge in [-0.15, -0.1) is 0 Å². The molecule has 1 N–H and O–H groups in total. The Kier molecular flexibility index (Phi) is 6.80. The minimum Gasteiger partial charge on any atom is -0.356 e. The third-order valence-corrected chi connectivity index (χ3v) is 8.16. The van der Waals surface area contributed by atoms with Crippen LogP contribution in [0.1, 0.15) is 11.9 Å². The third-order valence-electron chi connectivity index (χ3n) is 8.16. The summed E-state index contributed by atoms with van der Waals surface area (Å²) < 4.78 is 13.7. The fourth-order valence-corrected chi connectivity index (χ4v) is 6.12. The quantitative estimate of drug-likeness (QED) is 0.206. The van der Waals surface area contributed by atoms with E-state index in [0.717, 1.165) is 45.2 Å². The van der Waals surface area contributed by atoms with Gasteiger partial charge >= 0.3 is 0 Å². The van der Waals surface area contributed by atoms with Gasteiger partial charge in [-0.2, -0.15) is 0 Å². The molecule has 44 heavy (non-hydrogen) atoms. The second-order valence-corrected chi connectivity index (χ2v) is 10.9. The lowest BCUT2D eigenvalue weighted by molar-refractivity contribution is -0.0441. The van der Waals surface area contributed by atoms with Crippen LogP contribution in [0.5, 0.6) is 0 Å². The van der Waals surface area contributed by atoms with Crippen LogP contribution in [0.25, 0.3) is 27.5 Å². The van der Waals surface area contributed by atoms with Crippen molar-refractivity contribution in [3.05, 3.63) is 157 Å². The van der Waals surface area contributed by atoms with Crippen LogP contribution in [-0.2, 0) is 9.47 Å². The number of hydrogen-bond donors (Lipinski definition) is 1. The molecule has 0 aliphatic carbocycles. The van der Waals surface area contributed by atoms with E-state index in [1.807, 2.05) is 12.1 Å². The smallest absolute Gasteiger partial charge is 0.184 e. The Balaban J connectivity index is 1.11. The molecule has 1 aliphatic rings. The number of benzene rings is 6. The molecule has 6 aromatic carbocycles. The number of nitrogens with zero attached hydrogens (tertiary/aromatic N) is 2. The summed E-state index contributed by atoms with van der Waals surface area (Å²) >= 11 is 0. The lowest BCUT2D eigenvalue weighted by atomic mass is 10.1. The molecule has 0 saturated carbocycles. The Morgan fingerprint density at radius 2 is 1.09 bits per heavy atom. The Labute approximate surface area is 256 Å². The lowest BCUT2D eigenvalue weighted by Crippen LogP contribution is -2.09. The first-order valence-corrected chi connectivity index (χ1v) is 15.0. The highest BCUT2D eigenvalue weighted by molar-refractivity contribution is 6.10. The van der Waals surface area contributed by atoms with Gasteiger partial charge in [0.25, 0.3) is 0 Å². The van der Waals surface area contributed by atoms with E-state index in [0.29, 0.717) is 13.2 Å². The van der Waals surface area contributed by atoms with Crippen LogP contribution < -0.4 is 10.2 Å². The van der Waals surface area contributed by atoms with E-state index in [1.165, 1.54) is 16.3 Å². The lowest BCUT2D eigenvalue weighted by Gasteiger charge is -2.25. The predicted octanol–water partition coefficient (Wildman–Crippen LogP) is 10.0. The Bertz CT molecular complexity index is 1990. The van der Waals surface area contributed by atoms with Crippen LogP contribution in [0.4, 0.5) is 28.4 Å². The van der Waals surface area contributed by atoms with Crippen LogP contribution in [-0.4, -0.2) is 17.8 Å². The van der Waals surface area contributed by atoms with Crippen molar-refractivity contribution in [2.24, 2.45) is 0 Å². The average molecular weight is 574 g/mol. The summed E-state index contributed by atoms with van der Waals surface area (Å²) in [7, 11) is 0. The van der Waals surface area contributed by atoms with Gasteiger partial charge < -0.3 is 24.3 Å². The van der Waals surface area contributed by atoms with E-state index in [-0.39, 0.29) is 6.29 Å². The van der Waals surface area contributed by atoms with Gasteiger partial charge in [-0.25, -0.2) is 0 Å². The standard InChI is InChI=1S/C39H31N3O2/c1-3-9-31(10-4-1)41(32-11-5-2-6-12-32)33-22-17-29(18-23-33)40-30-19-24-38-36(27-30)35-13-7-8-14-37(35)42(38)34-20-15-28(16-21-34)39-43-25-26-44-39/h1-24,27,39-40H,25-26H2. The molecular formula is C39H31N3O2. The maximum absolute atomic E-state index is 5.69. The highest BCUT2D eigenvalue weighted by Crippen LogP contribution is 2.37. The molecule has 0 unspecified atom stereocenters. The van der Waals surface area contributed by atoms with E-state index in [2.05, 4.69) is 154 Å². The molecule has 214 valence electrons. The number of anilines is 5. The number of aromatic nitrogens is 1. The molecule has 1 fully saturated rings. The first kappa shape index (κ1) is 26.3. The van der Waals surface area contributed by atoms with Crippen molar-refractivity contribution in [2.75, 3.05) is 23.4 Å². The largest absolute Gasteiger partial charge is 0.356 e. The van der Waals surface area contributed by atoms with E-state index in [1.54, 1.807) is 0 Å². The van der Waals surface area contributed by atoms with E-state index in [9.17, 15) is 0 Å². The molecule has 0 spiro atoms. The van der Waals surface area contributed by atoms with Crippen molar-refractivity contribution in [2.45, 2.75) is 6.29 Å². The molecule has 0 atom stereocenters. The molecule has 0 radical (unpaired) electrons. The zero-order valence-electron chi connectivity index (χ0n) is 24.1. The van der Waals surface area contributed by atoms with Crippen molar-refractivity contribution in [3.8, 4) is 5.69 Å². The molecule has 7 aromatic rings. The molecule has 1 saturated heterocycles. The normalized spacial score (nSPS) is 13.5. The van der Waals surface area contributed by atoms with E-state index in [4.69, 9.17) is 9.47 Å². The second kappa shape index (κ2) is 11.4. The molecule has 5 nitrogen and oxygen atoms in total. The van der Waals surface area contributed by atoms with Crippen molar-refractivity contribution in [1.82, 2.24) is 4.57 Å². The molecule has 2 heterocycles.